The maximum atomic E-state index is 12.0. The van der Waals surface area contributed by atoms with Crippen molar-refractivity contribution in [1.82, 2.24) is 5.32 Å². The Morgan fingerprint density at radius 1 is 1.21 bits per heavy atom. The Bertz CT molecular complexity index is 526. The topological polar surface area (TPSA) is 58.6 Å². The molecule has 100 valence electrons. The summed E-state index contributed by atoms with van der Waals surface area (Å²) in [4.78, 5) is 12.0. The number of ether oxygens (including phenoxy) is 1. The molecule has 1 aromatic rings. The number of aliphatic hydroxyl groups is 1. The lowest BCUT2D eigenvalue weighted by molar-refractivity contribution is -0.129. The minimum Gasteiger partial charge on any atom is -0.388 e. The maximum absolute atomic E-state index is 12.0. The Balaban J connectivity index is 1.57. The second-order valence-electron chi connectivity index (χ2n) is 5.76. The molecule has 0 spiro atoms. The van der Waals surface area contributed by atoms with E-state index in [1.54, 1.807) is 0 Å². The zero-order chi connectivity index (χ0) is 13.0. The molecule has 1 amide bonds. The van der Waals surface area contributed by atoms with Gasteiger partial charge in [0.05, 0.1) is 6.04 Å². The van der Waals surface area contributed by atoms with E-state index in [2.05, 4.69) is 5.32 Å². The van der Waals surface area contributed by atoms with Crippen molar-refractivity contribution in [1.29, 1.82) is 0 Å². The van der Waals surface area contributed by atoms with Gasteiger partial charge in [0.15, 0.2) is 0 Å². The molecule has 1 aromatic carbocycles. The van der Waals surface area contributed by atoms with Gasteiger partial charge >= 0.3 is 0 Å². The molecule has 1 saturated carbocycles. The van der Waals surface area contributed by atoms with E-state index in [0.717, 1.165) is 30.4 Å². The fourth-order valence-electron chi connectivity index (χ4n) is 3.36. The number of nitrogens with one attached hydrogen (secondary N) is 1. The zero-order valence-electron chi connectivity index (χ0n) is 10.6. The lowest BCUT2D eigenvalue weighted by atomic mass is 9.83. The molecule has 2 heterocycles. The van der Waals surface area contributed by atoms with Crippen molar-refractivity contribution in [3.05, 3.63) is 35.4 Å². The average molecular weight is 259 g/mol. The van der Waals surface area contributed by atoms with Crippen molar-refractivity contribution >= 4 is 5.91 Å². The molecular formula is C15H17NO3. The minimum atomic E-state index is -0.635. The first-order chi connectivity index (χ1) is 9.25. The monoisotopic (exact) mass is 259 g/mol. The van der Waals surface area contributed by atoms with Crippen LogP contribution in [0.25, 0.3) is 0 Å². The lowest BCUT2D eigenvalue weighted by Gasteiger charge is -2.30. The average Bonchev–Trinajstić information content (AvgIpc) is 2.85. The number of benzene rings is 1. The smallest absolute Gasteiger partial charge is 0.223 e. The molecule has 0 radical (unpaired) electrons. The molecule has 2 fully saturated rings. The van der Waals surface area contributed by atoms with Crippen LogP contribution in [0.15, 0.2) is 24.3 Å². The normalized spacial score (nSPS) is 35.8. The second-order valence-corrected chi connectivity index (χ2v) is 5.76. The summed E-state index contributed by atoms with van der Waals surface area (Å²) in [5, 5.41) is 13.3. The van der Waals surface area contributed by atoms with Crippen molar-refractivity contribution in [2.24, 2.45) is 5.92 Å². The van der Waals surface area contributed by atoms with Gasteiger partial charge in [-0.25, -0.2) is 0 Å². The Hall–Kier alpha value is -1.39. The Morgan fingerprint density at radius 3 is 2.53 bits per heavy atom. The van der Waals surface area contributed by atoms with E-state index >= 15 is 0 Å². The van der Waals surface area contributed by atoms with E-state index in [-0.39, 0.29) is 30.1 Å². The summed E-state index contributed by atoms with van der Waals surface area (Å²) >= 11 is 0. The van der Waals surface area contributed by atoms with Crippen LogP contribution in [0.2, 0.25) is 0 Å². The standard InChI is InChI=1S/C15H17NO3/c17-12-11(16-15(18)8-4-3-5-8)13-9-6-1-2-7-10(9)14(12)19-13/h1-2,6-8,11-14,17H,3-5H2,(H,16,18)/t11-,12-,13-,14+/m0/s1. The fourth-order valence-corrected chi connectivity index (χ4v) is 3.36. The van der Waals surface area contributed by atoms with Crippen LogP contribution >= 0.6 is 0 Å². The first-order valence-corrected chi connectivity index (χ1v) is 6.98. The molecule has 3 aliphatic rings. The Labute approximate surface area is 111 Å². The van der Waals surface area contributed by atoms with E-state index in [9.17, 15) is 9.90 Å². The fraction of sp³-hybridized carbons (Fsp3) is 0.533. The van der Waals surface area contributed by atoms with E-state index in [1.165, 1.54) is 0 Å². The molecule has 2 N–H and O–H groups in total. The third-order valence-corrected chi connectivity index (χ3v) is 4.69. The third kappa shape index (κ3) is 1.56. The SMILES string of the molecule is O=C(N[C@H]1[C@H](O)[C@@H]2O[C@H]1c1ccccc12)C1CCC1. The van der Waals surface area contributed by atoms with Crippen molar-refractivity contribution in [2.45, 2.75) is 43.6 Å². The number of hydrogen-bond donors (Lipinski definition) is 2. The largest absolute Gasteiger partial charge is 0.388 e. The van der Waals surface area contributed by atoms with Crippen LogP contribution in [0.4, 0.5) is 0 Å². The molecule has 4 atom stereocenters. The van der Waals surface area contributed by atoms with Crippen LogP contribution in [0.5, 0.6) is 0 Å². The van der Waals surface area contributed by atoms with E-state index < -0.39 is 6.10 Å². The number of amides is 1. The van der Waals surface area contributed by atoms with Crippen molar-refractivity contribution < 1.29 is 14.6 Å². The number of hydrogen-bond acceptors (Lipinski definition) is 3. The second kappa shape index (κ2) is 4.05. The molecule has 19 heavy (non-hydrogen) atoms. The molecule has 1 saturated heterocycles. The van der Waals surface area contributed by atoms with Crippen LogP contribution < -0.4 is 5.32 Å². The number of carbonyl (C=O) groups excluding carboxylic acids is 1. The molecule has 0 aromatic heterocycles. The van der Waals surface area contributed by atoms with E-state index in [1.807, 2.05) is 24.3 Å². The number of aliphatic hydroxyl groups excluding tert-OH is 1. The van der Waals surface area contributed by atoms with Crippen molar-refractivity contribution in [3.63, 3.8) is 0 Å². The van der Waals surface area contributed by atoms with Gasteiger partial charge in [-0.3, -0.25) is 4.79 Å². The quantitative estimate of drug-likeness (QED) is 0.845. The maximum Gasteiger partial charge on any atom is 0.223 e. The van der Waals surface area contributed by atoms with Crippen molar-refractivity contribution in [3.8, 4) is 0 Å². The van der Waals surface area contributed by atoms with Crippen LogP contribution in [-0.2, 0) is 9.53 Å². The van der Waals surface area contributed by atoms with E-state index in [4.69, 9.17) is 4.74 Å². The zero-order valence-corrected chi connectivity index (χ0v) is 10.6. The van der Waals surface area contributed by atoms with Gasteiger partial charge in [-0.2, -0.15) is 0 Å². The van der Waals surface area contributed by atoms with Crippen LogP contribution in [0.1, 0.15) is 42.6 Å². The van der Waals surface area contributed by atoms with Gasteiger partial charge < -0.3 is 15.2 Å². The summed E-state index contributed by atoms with van der Waals surface area (Å²) in [6, 6.07) is 7.65. The first-order valence-electron chi connectivity index (χ1n) is 6.98. The van der Waals surface area contributed by atoms with Gasteiger partial charge in [-0.05, 0) is 24.0 Å². The molecule has 0 unspecified atom stereocenters. The van der Waals surface area contributed by atoms with Gasteiger partial charge in [0.2, 0.25) is 5.91 Å². The summed E-state index contributed by atoms with van der Waals surface area (Å²) in [6.07, 6.45) is 1.97. The van der Waals surface area contributed by atoms with Crippen LogP contribution in [0, 0.1) is 5.92 Å². The summed E-state index contributed by atoms with van der Waals surface area (Å²) in [6.45, 7) is 0. The van der Waals surface area contributed by atoms with Crippen molar-refractivity contribution in [2.75, 3.05) is 0 Å². The minimum absolute atomic E-state index is 0.0731. The predicted molar refractivity (Wildman–Crippen MR) is 68.3 cm³/mol. The summed E-state index contributed by atoms with van der Waals surface area (Å²) in [7, 11) is 0. The van der Waals surface area contributed by atoms with Gasteiger partial charge in [0, 0.05) is 5.92 Å². The molecular weight excluding hydrogens is 242 g/mol. The van der Waals surface area contributed by atoms with Gasteiger partial charge in [-0.1, -0.05) is 30.7 Å². The molecule has 1 aliphatic carbocycles. The molecule has 2 bridgehead atoms. The van der Waals surface area contributed by atoms with Crippen LogP contribution in [0.3, 0.4) is 0 Å². The number of rotatable bonds is 2. The highest BCUT2D eigenvalue weighted by Gasteiger charge is 2.52. The summed E-state index contributed by atoms with van der Waals surface area (Å²) < 4.78 is 5.84. The lowest BCUT2D eigenvalue weighted by Crippen LogP contribution is -2.49. The van der Waals surface area contributed by atoms with Gasteiger partial charge in [0.25, 0.3) is 0 Å². The molecule has 4 heteroatoms. The van der Waals surface area contributed by atoms with Gasteiger partial charge in [-0.15, -0.1) is 0 Å². The Morgan fingerprint density at radius 2 is 1.89 bits per heavy atom. The van der Waals surface area contributed by atoms with Crippen LogP contribution in [-0.4, -0.2) is 23.2 Å². The summed E-state index contributed by atoms with van der Waals surface area (Å²) in [5.74, 6) is 0.213. The Kier molecular flexibility index (Phi) is 2.44. The highest BCUT2D eigenvalue weighted by molar-refractivity contribution is 5.80. The molecule has 4 nitrogen and oxygen atoms in total. The van der Waals surface area contributed by atoms with Gasteiger partial charge in [0.1, 0.15) is 18.3 Å². The van der Waals surface area contributed by atoms with E-state index in [0.29, 0.717) is 0 Å². The highest BCUT2D eigenvalue weighted by atomic mass is 16.5. The highest BCUT2D eigenvalue weighted by Crippen LogP contribution is 2.50. The first kappa shape index (κ1) is 11.4. The molecule has 2 aliphatic heterocycles. The predicted octanol–water partition coefficient (Wildman–Crippen LogP) is 1.46. The summed E-state index contributed by atoms with van der Waals surface area (Å²) in [5.41, 5.74) is 2.17. The number of carbonyl (C=O) groups is 1. The third-order valence-electron chi connectivity index (χ3n) is 4.69. The number of fused-ring (bicyclic) bond motifs is 5. The molecule has 4 rings (SSSR count).